The monoisotopic (exact) mass is 224 g/mol. The van der Waals surface area contributed by atoms with Crippen LogP contribution in [0.5, 0.6) is 0 Å². The van der Waals surface area contributed by atoms with Crippen molar-refractivity contribution in [3.05, 3.63) is 60.8 Å². The maximum absolute atomic E-state index is 13.9. The molecule has 0 amide bonds. The predicted octanol–water partition coefficient (Wildman–Crippen LogP) is 3.44. The molecule has 0 saturated heterocycles. The summed E-state index contributed by atoms with van der Waals surface area (Å²) in [6.07, 6.45) is 4.98. The third-order valence-electron chi connectivity index (χ3n) is 2.66. The van der Waals surface area contributed by atoms with Crippen LogP contribution in [0.15, 0.2) is 55.0 Å². The molecule has 17 heavy (non-hydrogen) atoms. The SMILES string of the molecule is Fc1cc2ncccc2cc1-c1cccnc1. The highest BCUT2D eigenvalue weighted by Crippen LogP contribution is 2.26. The molecule has 0 unspecified atom stereocenters. The van der Waals surface area contributed by atoms with E-state index in [2.05, 4.69) is 9.97 Å². The Morgan fingerprint density at radius 3 is 2.71 bits per heavy atom. The van der Waals surface area contributed by atoms with Crippen LogP contribution < -0.4 is 0 Å². The van der Waals surface area contributed by atoms with E-state index in [0.29, 0.717) is 11.1 Å². The van der Waals surface area contributed by atoms with Crippen LogP contribution in [0.2, 0.25) is 0 Å². The van der Waals surface area contributed by atoms with Gasteiger partial charge in [0.15, 0.2) is 0 Å². The molecule has 0 atom stereocenters. The van der Waals surface area contributed by atoms with Crippen molar-refractivity contribution in [2.24, 2.45) is 0 Å². The van der Waals surface area contributed by atoms with E-state index in [4.69, 9.17) is 0 Å². The molecule has 0 bridgehead atoms. The average Bonchev–Trinajstić information content (AvgIpc) is 2.39. The molecular formula is C14H9FN2. The van der Waals surface area contributed by atoms with Gasteiger partial charge in [-0.15, -0.1) is 0 Å². The Kier molecular flexibility index (Phi) is 2.29. The molecule has 3 rings (SSSR count). The summed E-state index contributed by atoms with van der Waals surface area (Å²) in [7, 11) is 0. The maximum atomic E-state index is 13.9. The molecule has 2 aromatic heterocycles. The van der Waals surface area contributed by atoms with Gasteiger partial charge in [0, 0.05) is 41.2 Å². The number of hydrogen-bond donors (Lipinski definition) is 0. The van der Waals surface area contributed by atoms with Gasteiger partial charge in [-0.1, -0.05) is 12.1 Å². The second-order valence-electron chi connectivity index (χ2n) is 3.77. The van der Waals surface area contributed by atoms with Crippen LogP contribution >= 0.6 is 0 Å². The Labute approximate surface area is 97.8 Å². The molecular weight excluding hydrogens is 215 g/mol. The molecule has 0 fully saturated rings. The lowest BCUT2D eigenvalue weighted by molar-refractivity contribution is 0.632. The zero-order valence-electron chi connectivity index (χ0n) is 8.97. The number of pyridine rings is 2. The van der Waals surface area contributed by atoms with E-state index < -0.39 is 0 Å². The largest absolute Gasteiger partial charge is 0.264 e. The summed E-state index contributed by atoms with van der Waals surface area (Å²) in [6, 6.07) is 10.6. The van der Waals surface area contributed by atoms with Crippen molar-refractivity contribution in [1.82, 2.24) is 9.97 Å². The highest BCUT2D eigenvalue weighted by Gasteiger charge is 2.07. The fraction of sp³-hybridized carbons (Fsp3) is 0. The molecule has 3 heteroatoms. The molecule has 0 radical (unpaired) electrons. The molecule has 1 aromatic carbocycles. The van der Waals surface area contributed by atoms with Gasteiger partial charge in [-0.3, -0.25) is 9.97 Å². The summed E-state index contributed by atoms with van der Waals surface area (Å²) < 4.78 is 13.9. The first-order chi connectivity index (χ1) is 8.34. The highest BCUT2D eigenvalue weighted by molar-refractivity contribution is 5.84. The molecule has 0 saturated carbocycles. The van der Waals surface area contributed by atoms with Gasteiger partial charge in [0.25, 0.3) is 0 Å². The summed E-state index contributed by atoms with van der Waals surface area (Å²) in [5, 5.41) is 0.924. The van der Waals surface area contributed by atoms with Crippen molar-refractivity contribution in [2.75, 3.05) is 0 Å². The lowest BCUT2D eigenvalue weighted by atomic mass is 10.0. The van der Waals surface area contributed by atoms with E-state index in [0.717, 1.165) is 10.9 Å². The summed E-state index contributed by atoms with van der Waals surface area (Å²) in [5.74, 6) is -0.274. The van der Waals surface area contributed by atoms with Crippen LogP contribution in [0.25, 0.3) is 22.0 Å². The minimum atomic E-state index is -0.274. The molecule has 0 spiro atoms. The first-order valence-electron chi connectivity index (χ1n) is 5.29. The molecule has 82 valence electrons. The van der Waals surface area contributed by atoms with Crippen LogP contribution in [0.4, 0.5) is 4.39 Å². The fourth-order valence-corrected chi connectivity index (χ4v) is 1.84. The van der Waals surface area contributed by atoms with Gasteiger partial charge < -0.3 is 0 Å². The van der Waals surface area contributed by atoms with Gasteiger partial charge in [-0.25, -0.2) is 4.39 Å². The van der Waals surface area contributed by atoms with E-state index in [9.17, 15) is 4.39 Å². The first-order valence-corrected chi connectivity index (χ1v) is 5.29. The van der Waals surface area contributed by atoms with Crippen molar-refractivity contribution in [3.8, 4) is 11.1 Å². The Hall–Kier alpha value is -2.29. The van der Waals surface area contributed by atoms with E-state index in [-0.39, 0.29) is 5.82 Å². The predicted molar refractivity (Wildman–Crippen MR) is 64.9 cm³/mol. The number of hydrogen-bond acceptors (Lipinski definition) is 2. The second kappa shape index (κ2) is 3.94. The van der Waals surface area contributed by atoms with Crippen LogP contribution in [-0.4, -0.2) is 9.97 Å². The fourth-order valence-electron chi connectivity index (χ4n) is 1.84. The van der Waals surface area contributed by atoms with Gasteiger partial charge in [-0.05, 0) is 18.2 Å². The van der Waals surface area contributed by atoms with Crippen molar-refractivity contribution >= 4 is 10.9 Å². The van der Waals surface area contributed by atoms with E-state index in [1.807, 2.05) is 18.2 Å². The highest BCUT2D eigenvalue weighted by atomic mass is 19.1. The maximum Gasteiger partial charge on any atom is 0.133 e. The summed E-state index contributed by atoms with van der Waals surface area (Å²) in [6.45, 7) is 0. The van der Waals surface area contributed by atoms with E-state index >= 15 is 0 Å². The standard InChI is InChI=1S/C14H9FN2/c15-13-8-14-10(3-2-6-17-14)7-12(13)11-4-1-5-16-9-11/h1-9H. The van der Waals surface area contributed by atoms with E-state index in [1.54, 1.807) is 30.7 Å². The minimum Gasteiger partial charge on any atom is -0.264 e. The lowest BCUT2D eigenvalue weighted by Gasteiger charge is -2.04. The van der Waals surface area contributed by atoms with Crippen molar-refractivity contribution < 1.29 is 4.39 Å². The van der Waals surface area contributed by atoms with Crippen molar-refractivity contribution in [2.45, 2.75) is 0 Å². The number of aromatic nitrogens is 2. The number of rotatable bonds is 1. The van der Waals surface area contributed by atoms with Crippen molar-refractivity contribution in [1.29, 1.82) is 0 Å². The van der Waals surface area contributed by atoms with Gasteiger partial charge >= 0.3 is 0 Å². The second-order valence-corrected chi connectivity index (χ2v) is 3.77. The topological polar surface area (TPSA) is 25.8 Å². The molecule has 0 aliphatic carbocycles. The third-order valence-corrected chi connectivity index (χ3v) is 2.66. The van der Waals surface area contributed by atoms with Crippen LogP contribution in [0.1, 0.15) is 0 Å². The molecule has 0 N–H and O–H groups in total. The van der Waals surface area contributed by atoms with Crippen LogP contribution in [-0.2, 0) is 0 Å². The molecule has 0 aliphatic heterocycles. The molecule has 2 heterocycles. The zero-order valence-corrected chi connectivity index (χ0v) is 8.97. The Morgan fingerprint density at radius 1 is 1.00 bits per heavy atom. The van der Waals surface area contributed by atoms with Gasteiger partial charge in [0.2, 0.25) is 0 Å². The number of fused-ring (bicyclic) bond motifs is 1. The summed E-state index contributed by atoms with van der Waals surface area (Å²) in [5.41, 5.74) is 1.99. The lowest BCUT2D eigenvalue weighted by Crippen LogP contribution is -1.87. The Balaban J connectivity index is 2.27. The average molecular weight is 224 g/mol. The normalized spacial score (nSPS) is 10.6. The van der Waals surface area contributed by atoms with Gasteiger partial charge in [0.05, 0.1) is 5.52 Å². The summed E-state index contributed by atoms with van der Waals surface area (Å²) >= 11 is 0. The third kappa shape index (κ3) is 1.76. The van der Waals surface area contributed by atoms with Crippen LogP contribution in [0, 0.1) is 5.82 Å². The van der Waals surface area contributed by atoms with Crippen LogP contribution in [0.3, 0.4) is 0 Å². The van der Waals surface area contributed by atoms with Gasteiger partial charge in [0.1, 0.15) is 5.82 Å². The minimum absolute atomic E-state index is 0.274. The Morgan fingerprint density at radius 2 is 1.88 bits per heavy atom. The smallest absolute Gasteiger partial charge is 0.133 e. The van der Waals surface area contributed by atoms with Gasteiger partial charge in [-0.2, -0.15) is 0 Å². The quantitative estimate of drug-likeness (QED) is 0.632. The molecule has 3 aromatic rings. The number of halogens is 1. The number of nitrogens with zero attached hydrogens (tertiary/aromatic N) is 2. The molecule has 0 aliphatic rings. The molecule has 2 nitrogen and oxygen atoms in total. The van der Waals surface area contributed by atoms with E-state index in [1.165, 1.54) is 6.07 Å². The number of benzene rings is 1. The van der Waals surface area contributed by atoms with Crippen molar-refractivity contribution in [3.63, 3.8) is 0 Å². The zero-order chi connectivity index (χ0) is 11.7. The summed E-state index contributed by atoms with van der Waals surface area (Å²) in [4.78, 5) is 8.12. The first kappa shape index (κ1) is 9.90. The Bertz CT molecular complexity index is 665.